The summed E-state index contributed by atoms with van der Waals surface area (Å²) < 4.78 is 17.2. The summed E-state index contributed by atoms with van der Waals surface area (Å²) in [6.45, 7) is 16.7. The second-order valence-corrected chi connectivity index (χ2v) is 10.2. The fraction of sp³-hybridized carbons (Fsp3) is 0.619. The Labute approximate surface area is 187 Å². The third kappa shape index (κ3) is 6.38. The number of aryl methyl sites for hydroxylation is 1. The van der Waals surface area contributed by atoms with Crippen LogP contribution in [0, 0.1) is 6.92 Å². The maximum Gasteiger partial charge on any atom is 0.427 e. The molecule has 0 aliphatic carbocycles. The highest BCUT2D eigenvalue weighted by Gasteiger charge is 2.35. The summed E-state index contributed by atoms with van der Waals surface area (Å²) >= 11 is 0. The number of nitrogens with zero attached hydrogens (tertiary/aromatic N) is 5. The van der Waals surface area contributed by atoms with Crippen LogP contribution in [0.3, 0.4) is 0 Å². The van der Waals surface area contributed by atoms with Crippen molar-refractivity contribution in [1.82, 2.24) is 19.5 Å². The predicted molar refractivity (Wildman–Crippen MR) is 117 cm³/mol. The van der Waals surface area contributed by atoms with Crippen LogP contribution in [0.25, 0.3) is 11.2 Å². The number of anilines is 1. The molecule has 2 rings (SSSR count). The van der Waals surface area contributed by atoms with Crippen LogP contribution in [0.4, 0.5) is 20.3 Å². The van der Waals surface area contributed by atoms with Gasteiger partial charge in [-0.1, -0.05) is 0 Å². The number of aromatic nitrogens is 4. The van der Waals surface area contributed by atoms with Crippen molar-refractivity contribution in [3.05, 3.63) is 12.0 Å². The molecule has 0 aliphatic rings. The van der Waals surface area contributed by atoms with Gasteiger partial charge in [-0.2, -0.15) is 4.98 Å². The molecule has 2 aromatic heterocycles. The van der Waals surface area contributed by atoms with Gasteiger partial charge in [0.2, 0.25) is 5.95 Å². The second-order valence-electron chi connectivity index (χ2n) is 10.2. The molecule has 11 nitrogen and oxygen atoms in total. The first-order chi connectivity index (χ1) is 14.4. The molecule has 32 heavy (non-hydrogen) atoms. The summed E-state index contributed by atoms with van der Waals surface area (Å²) in [7, 11) is 0. The third-order valence-electron chi connectivity index (χ3n) is 3.50. The van der Waals surface area contributed by atoms with Crippen LogP contribution in [0.5, 0.6) is 0 Å². The van der Waals surface area contributed by atoms with E-state index in [2.05, 4.69) is 15.0 Å². The maximum absolute atomic E-state index is 12.9. The summed E-state index contributed by atoms with van der Waals surface area (Å²) in [6, 6.07) is 0. The van der Waals surface area contributed by atoms with Crippen molar-refractivity contribution in [2.45, 2.75) is 86.0 Å². The Morgan fingerprint density at radius 3 is 1.72 bits per heavy atom. The highest BCUT2D eigenvalue weighted by Crippen LogP contribution is 2.23. The molecule has 0 N–H and O–H groups in total. The van der Waals surface area contributed by atoms with Crippen LogP contribution < -0.4 is 4.90 Å². The van der Waals surface area contributed by atoms with Gasteiger partial charge in [0.25, 0.3) is 0 Å². The zero-order chi connectivity index (χ0) is 24.6. The molecule has 0 unspecified atom stereocenters. The molecule has 0 spiro atoms. The molecule has 0 atom stereocenters. The molecule has 0 saturated carbocycles. The van der Waals surface area contributed by atoms with Crippen molar-refractivity contribution in [1.29, 1.82) is 0 Å². The Morgan fingerprint density at radius 2 is 1.28 bits per heavy atom. The molecule has 176 valence electrons. The summed E-state index contributed by atoms with van der Waals surface area (Å²) in [6.07, 6.45) is -1.51. The smallest absolute Gasteiger partial charge is 0.427 e. The lowest BCUT2D eigenvalue weighted by molar-refractivity contribution is 0.0426. The zero-order valence-corrected chi connectivity index (χ0v) is 20.3. The molecular weight excluding hydrogens is 418 g/mol. The first kappa shape index (κ1) is 25.0. The SMILES string of the molecule is Cc1nc(N(C(=O)OC(C)(C)C)C(=O)OC(C)(C)C)nc2c1ncn2C(=O)OC(C)(C)C. The largest absolute Gasteiger partial charge is 0.443 e. The number of carbonyl (C=O) groups excluding carboxylic acids is 3. The first-order valence-corrected chi connectivity index (χ1v) is 10.1. The summed E-state index contributed by atoms with van der Waals surface area (Å²) in [4.78, 5) is 51.6. The first-order valence-electron chi connectivity index (χ1n) is 10.1. The van der Waals surface area contributed by atoms with Gasteiger partial charge in [0.1, 0.15) is 28.6 Å². The molecule has 0 saturated heterocycles. The minimum Gasteiger partial charge on any atom is -0.443 e. The minimum atomic E-state index is -1.02. The van der Waals surface area contributed by atoms with Crippen LogP contribution in [-0.4, -0.2) is 54.6 Å². The molecule has 11 heteroatoms. The predicted octanol–water partition coefficient (Wildman–Crippen LogP) is 4.59. The highest BCUT2D eigenvalue weighted by atomic mass is 16.6. The van der Waals surface area contributed by atoms with Crippen molar-refractivity contribution in [3.8, 4) is 0 Å². The minimum absolute atomic E-state index is 0.0684. The number of rotatable bonds is 1. The molecule has 0 aromatic carbocycles. The normalized spacial score (nSPS) is 12.4. The summed E-state index contributed by atoms with van der Waals surface area (Å²) in [5, 5.41) is 0. The van der Waals surface area contributed by atoms with E-state index in [0.29, 0.717) is 16.1 Å². The van der Waals surface area contributed by atoms with E-state index in [1.165, 1.54) is 6.33 Å². The fourth-order valence-corrected chi connectivity index (χ4v) is 2.42. The number of fused-ring (bicyclic) bond motifs is 1. The van der Waals surface area contributed by atoms with Crippen LogP contribution in [0.2, 0.25) is 0 Å². The maximum atomic E-state index is 12.9. The number of imide groups is 1. The Balaban J connectivity index is 2.62. The number of hydrogen-bond donors (Lipinski definition) is 0. The molecule has 2 amide bonds. The topological polar surface area (TPSA) is 126 Å². The van der Waals surface area contributed by atoms with Crippen LogP contribution in [0.15, 0.2) is 6.33 Å². The average molecular weight is 450 g/mol. The van der Waals surface area contributed by atoms with E-state index in [1.54, 1.807) is 69.2 Å². The number of amides is 2. The number of imidazole rings is 1. The van der Waals surface area contributed by atoms with Gasteiger partial charge in [0.05, 0.1) is 5.69 Å². The molecule has 0 radical (unpaired) electrons. The van der Waals surface area contributed by atoms with E-state index < -0.39 is 35.1 Å². The number of ether oxygens (including phenoxy) is 3. The van der Waals surface area contributed by atoms with E-state index in [4.69, 9.17) is 14.2 Å². The van der Waals surface area contributed by atoms with Gasteiger partial charge in [-0.3, -0.25) is 0 Å². The second kappa shape index (κ2) is 8.36. The Kier molecular flexibility index (Phi) is 6.54. The molecule has 0 aliphatic heterocycles. The Hall–Kier alpha value is -3.24. The van der Waals surface area contributed by atoms with Crippen LogP contribution in [-0.2, 0) is 14.2 Å². The van der Waals surface area contributed by atoms with Gasteiger partial charge in [0.15, 0.2) is 5.65 Å². The van der Waals surface area contributed by atoms with Gasteiger partial charge in [-0.15, -0.1) is 4.90 Å². The summed E-state index contributed by atoms with van der Waals surface area (Å²) in [5.74, 6) is -0.316. The van der Waals surface area contributed by atoms with Crippen molar-refractivity contribution in [2.75, 3.05) is 4.90 Å². The third-order valence-corrected chi connectivity index (χ3v) is 3.50. The molecule has 2 aromatic rings. The lowest BCUT2D eigenvalue weighted by atomic mass is 10.2. The van der Waals surface area contributed by atoms with Gasteiger partial charge in [-0.05, 0) is 69.2 Å². The lowest BCUT2D eigenvalue weighted by Gasteiger charge is -2.27. The molecule has 2 heterocycles. The van der Waals surface area contributed by atoms with Crippen LogP contribution >= 0.6 is 0 Å². The van der Waals surface area contributed by atoms with Crippen molar-refractivity contribution in [3.63, 3.8) is 0 Å². The van der Waals surface area contributed by atoms with Crippen molar-refractivity contribution >= 4 is 35.4 Å². The van der Waals surface area contributed by atoms with Gasteiger partial charge in [-0.25, -0.2) is 28.9 Å². The molecule has 0 bridgehead atoms. The quantitative estimate of drug-likeness (QED) is 0.574. The number of carbonyl (C=O) groups is 3. The average Bonchev–Trinajstić information content (AvgIpc) is 2.94. The Morgan fingerprint density at radius 1 is 0.812 bits per heavy atom. The standard InChI is InChI=1S/C21H31N5O6/c1-12-13-14(25(11-22-13)16(27)30-19(2,3)4)24-15(23-12)26(17(28)31-20(5,6)7)18(29)32-21(8,9)10/h11H,1-10H3. The lowest BCUT2D eigenvalue weighted by Crippen LogP contribution is -2.44. The van der Waals surface area contributed by atoms with Gasteiger partial charge < -0.3 is 14.2 Å². The van der Waals surface area contributed by atoms with Crippen molar-refractivity contribution < 1.29 is 28.6 Å². The van der Waals surface area contributed by atoms with E-state index in [-0.39, 0.29) is 11.6 Å². The summed E-state index contributed by atoms with van der Waals surface area (Å²) in [5.41, 5.74) is -1.82. The van der Waals surface area contributed by atoms with E-state index in [9.17, 15) is 14.4 Å². The van der Waals surface area contributed by atoms with Gasteiger partial charge >= 0.3 is 18.3 Å². The fourth-order valence-electron chi connectivity index (χ4n) is 2.42. The molecular formula is C21H31N5O6. The van der Waals surface area contributed by atoms with Crippen molar-refractivity contribution in [2.24, 2.45) is 0 Å². The van der Waals surface area contributed by atoms with E-state index >= 15 is 0 Å². The van der Waals surface area contributed by atoms with E-state index in [0.717, 1.165) is 4.57 Å². The van der Waals surface area contributed by atoms with Gasteiger partial charge in [0, 0.05) is 0 Å². The highest BCUT2D eigenvalue weighted by molar-refractivity contribution is 6.08. The number of hydrogen-bond acceptors (Lipinski definition) is 9. The Bertz CT molecular complexity index is 1010. The van der Waals surface area contributed by atoms with Crippen LogP contribution in [0.1, 0.15) is 68.0 Å². The molecule has 0 fully saturated rings. The zero-order valence-electron chi connectivity index (χ0n) is 20.3. The monoisotopic (exact) mass is 449 g/mol. The van der Waals surface area contributed by atoms with E-state index in [1.807, 2.05) is 0 Å².